The van der Waals surface area contributed by atoms with Crippen molar-refractivity contribution in [1.29, 1.82) is 0 Å². The number of fused-ring (bicyclic) bond motifs is 8. The highest BCUT2D eigenvalue weighted by Crippen LogP contribution is 2.53. The number of nitrogens with zero attached hydrogens (tertiary/aromatic N) is 3. The van der Waals surface area contributed by atoms with E-state index in [4.69, 9.17) is 9.40 Å². The van der Waals surface area contributed by atoms with Gasteiger partial charge >= 0.3 is 0 Å². The lowest BCUT2D eigenvalue weighted by Gasteiger charge is -2.27. The summed E-state index contributed by atoms with van der Waals surface area (Å²) in [7, 11) is 0. The Hall–Kier alpha value is -3.79. The summed E-state index contributed by atoms with van der Waals surface area (Å²) in [6, 6.07) is 26.0. The molecule has 2 aliphatic rings. The van der Waals surface area contributed by atoms with E-state index in [-0.39, 0.29) is 6.17 Å². The Morgan fingerprint density at radius 2 is 1.71 bits per heavy atom. The van der Waals surface area contributed by atoms with Crippen LogP contribution in [0, 0.1) is 13.8 Å². The minimum atomic E-state index is 0.182. The second-order valence-electron chi connectivity index (χ2n) is 8.63. The zero-order valence-electron chi connectivity index (χ0n) is 17.5. The molecular formula is C27H21N3O. The molecule has 0 fully saturated rings. The van der Waals surface area contributed by atoms with E-state index in [9.17, 15) is 0 Å². The topological polar surface area (TPSA) is 32.5 Å². The second kappa shape index (κ2) is 5.88. The van der Waals surface area contributed by atoms with Crippen molar-refractivity contribution in [2.45, 2.75) is 26.4 Å². The number of hydrogen-bond acceptors (Lipinski definition) is 4. The molecule has 7 rings (SSSR count). The molecule has 1 atom stereocenters. The van der Waals surface area contributed by atoms with Gasteiger partial charge in [-0.1, -0.05) is 48.5 Å². The van der Waals surface area contributed by atoms with E-state index in [0.29, 0.717) is 5.71 Å². The van der Waals surface area contributed by atoms with Gasteiger partial charge in [0.15, 0.2) is 5.82 Å². The highest BCUT2D eigenvalue weighted by Gasteiger charge is 2.44. The molecule has 0 bridgehead atoms. The minimum Gasteiger partial charge on any atom is -0.437 e. The first-order valence-electron chi connectivity index (χ1n) is 10.7. The van der Waals surface area contributed by atoms with Crippen LogP contribution in [0.3, 0.4) is 0 Å². The summed E-state index contributed by atoms with van der Waals surface area (Å²) in [5.74, 6) is 0.974. The van der Waals surface area contributed by atoms with Crippen LogP contribution >= 0.6 is 0 Å². The van der Waals surface area contributed by atoms with Crippen LogP contribution < -0.4 is 9.80 Å². The molecule has 5 aromatic rings. The Labute approximate surface area is 180 Å². The van der Waals surface area contributed by atoms with Gasteiger partial charge in [0.05, 0.1) is 11.1 Å². The Morgan fingerprint density at radius 3 is 2.58 bits per heavy atom. The van der Waals surface area contributed by atoms with Gasteiger partial charge in [0.25, 0.3) is 0 Å². The SMILES string of the molecule is Cc1ccc2c(c1)N1c3nc4oc5c(C)cccc5c4cc3N(c3ccccc3)C1C2. The summed E-state index contributed by atoms with van der Waals surface area (Å²) in [6.45, 7) is 4.24. The van der Waals surface area contributed by atoms with Crippen LogP contribution in [0.4, 0.5) is 22.9 Å². The van der Waals surface area contributed by atoms with Crippen molar-refractivity contribution in [3.63, 3.8) is 0 Å². The number of hydrogen-bond donors (Lipinski definition) is 0. The van der Waals surface area contributed by atoms with Gasteiger partial charge in [-0.05, 0) is 54.8 Å². The number of rotatable bonds is 1. The molecule has 150 valence electrons. The molecule has 0 saturated heterocycles. The maximum atomic E-state index is 6.25. The number of furan rings is 1. The molecule has 3 aromatic carbocycles. The first-order chi connectivity index (χ1) is 15.2. The maximum Gasteiger partial charge on any atom is 0.229 e. The van der Waals surface area contributed by atoms with E-state index in [1.54, 1.807) is 0 Å². The molecule has 0 radical (unpaired) electrons. The minimum absolute atomic E-state index is 0.182. The zero-order valence-corrected chi connectivity index (χ0v) is 17.5. The number of pyridine rings is 1. The predicted molar refractivity (Wildman–Crippen MR) is 126 cm³/mol. The second-order valence-corrected chi connectivity index (χ2v) is 8.63. The number of aromatic nitrogens is 1. The van der Waals surface area contributed by atoms with Gasteiger partial charge in [0.2, 0.25) is 5.71 Å². The van der Waals surface area contributed by atoms with Gasteiger partial charge < -0.3 is 14.2 Å². The van der Waals surface area contributed by atoms with Gasteiger partial charge in [0, 0.05) is 23.2 Å². The lowest BCUT2D eigenvalue weighted by molar-refractivity contribution is 0.650. The predicted octanol–water partition coefficient (Wildman–Crippen LogP) is 6.77. The summed E-state index contributed by atoms with van der Waals surface area (Å²) >= 11 is 0. The van der Waals surface area contributed by atoms with Crippen LogP contribution in [0.2, 0.25) is 0 Å². The van der Waals surface area contributed by atoms with Crippen molar-refractivity contribution < 1.29 is 4.42 Å². The summed E-state index contributed by atoms with van der Waals surface area (Å²) in [6.07, 6.45) is 1.14. The Bertz CT molecular complexity index is 1500. The molecule has 4 nitrogen and oxygen atoms in total. The van der Waals surface area contributed by atoms with E-state index in [2.05, 4.69) is 96.4 Å². The summed E-state index contributed by atoms with van der Waals surface area (Å²) in [5, 5.41) is 2.20. The monoisotopic (exact) mass is 403 g/mol. The lowest BCUT2D eigenvalue weighted by atomic mass is 10.1. The number of benzene rings is 3. The van der Waals surface area contributed by atoms with Crippen molar-refractivity contribution in [2.75, 3.05) is 9.80 Å². The van der Waals surface area contributed by atoms with Crippen LogP contribution in [0.5, 0.6) is 0 Å². The van der Waals surface area contributed by atoms with Crippen molar-refractivity contribution in [3.8, 4) is 0 Å². The molecule has 0 aliphatic carbocycles. The number of para-hydroxylation sites is 2. The van der Waals surface area contributed by atoms with Crippen molar-refractivity contribution >= 4 is 44.9 Å². The van der Waals surface area contributed by atoms with Crippen LogP contribution in [0.1, 0.15) is 16.7 Å². The zero-order chi connectivity index (χ0) is 20.7. The normalized spacial score (nSPS) is 16.8. The van der Waals surface area contributed by atoms with Crippen molar-refractivity contribution in [1.82, 2.24) is 4.98 Å². The molecular weight excluding hydrogens is 382 g/mol. The van der Waals surface area contributed by atoms with Crippen LogP contribution in [-0.4, -0.2) is 11.1 Å². The van der Waals surface area contributed by atoms with Gasteiger partial charge in [-0.25, -0.2) is 0 Å². The standard InChI is InChI=1S/C27H21N3O/c1-16-11-12-18-14-24-29(19-8-4-3-5-9-19)23-15-21-20-10-6-7-17(2)25(20)31-27(21)28-26(23)30(24)22(18)13-16/h3-13,15,24H,14H2,1-2H3. The quantitative estimate of drug-likeness (QED) is 0.309. The fourth-order valence-electron chi connectivity index (χ4n) is 5.24. The summed E-state index contributed by atoms with van der Waals surface area (Å²) < 4.78 is 6.25. The van der Waals surface area contributed by atoms with Crippen LogP contribution in [-0.2, 0) is 6.42 Å². The van der Waals surface area contributed by atoms with Crippen LogP contribution in [0.15, 0.2) is 77.2 Å². The third-order valence-corrected chi connectivity index (χ3v) is 6.67. The highest BCUT2D eigenvalue weighted by molar-refractivity contribution is 6.08. The third kappa shape index (κ3) is 2.22. The van der Waals surface area contributed by atoms with E-state index >= 15 is 0 Å². The van der Waals surface area contributed by atoms with E-state index in [0.717, 1.165) is 39.8 Å². The molecule has 2 aliphatic heterocycles. The van der Waals surface area contributed by atoms with Gasteiger partial charge in [0.1, 0.15) is 11.7 Å². The van der Waals surface area contributed by atoms with Gasteiger partial charge in [-0.3, -0.25) is 0 Å². The van der Waals surface area contributed by atoms with Crippen molar-refractivity contribution in [3.05, 3.63) is 89.5 Å². The summed E-state index contributed by atoms with van der Waals surface area (Å²) in [5.41, 5.74) is 8.97. The van der Waals surface area contributed by atoms with Gasteiger partial charge in [-0.2, -0.15) is 4.98 Å². The van der Waals surface area contributed by atoms with Crippen molar-refractivity contribution in [2.24, 2.45) is 0 Å². The first-order valence-corrected chi connectivity index (χ1v) is 10.7. The molecule has 4 heterocycles. The lowest BCUT2D eigenvalue weighted by Crippen LogP contribution is -2.35. The fraction of sp³-hybridized carbons (Fsp3) is 0.148. The average molecular weight is 403 g/mol. The molecule has 31 heavy (non-hydrogen) atoms. The molecule has 2 aromatic heterocycles. The molecule has 0 amide bonds. The van der Waals surface area contributed by atoms with E-state index in [1.165, 1.54) is 22.5 Å². The van der Waals surface area contributed by atoms with E-state index in [1.807, 2.05) is 0 Å². The molecule has 0 saturated carbocycles. The smallest absolute Gasteiger partial charge is 0.229 e. The fourth-order valence-corrected chi connectivity index (χ4v) is 5.24. The first kappa shape index (κ1) is 16.9. The van der Waals surface area contributed by atoms with Crippen LogP contribution in [0.25, 0.3) is 22.1 Å². The largest absolute Gasteiger partial charge is 0.437 e. The van der Waals surface area contributed by atoms with Gasteiger partial charge in [-0.15, -0.1) is 0 Å². The van der Waals surface area contributed by atoms with E-state index < -0.39 is 0 Å². The molecule has 0 N–H and O–H groups in total. The average Bonchev–Trinajstić information content (AvgIpc) is 3.42. The molecule has 4 heteroatoms. The Morgan fingerprint density at radius 1 is 0.839 bits per heavy atom. The number of anilines is 4. The number of aryl methyl sites for hydroxylation is 2. The Balaban J connectivity index is 1.54. The molecule has 1 unspecified atom stereocenters. The maximum absolute atomic E-state index is 6.25. The Kier molecular flexibility index (Phi) is 3.22. The summed E-state index contributed by atoms with van der Waals surface area (Å²) in [4.78, 5) is 9.93. The highest BCUT2D eigenvalue weighted by atomic mass is 16.3. The molecule has 0 spiro atoms. The third-order valence-electron chi connectivity index (χ3n) is 6.67.